The lowest BCUT2D eigenvalue weighted by Crippen LogP contribution is -2.56. The van der Waals surface area contributed by atoms with Crippen LogP contribution in [-0.4, -0.2) is 0 Å². The lowest BCUT2D eigenvalue weighted by atomic mass is 9.43. The van der Waals surface area contributed by atoms with Crippen molar-refractivity contribution in [2.24, 2.45) is 0 Å². The zero-order valence-corrected chi connectivity index (χ0v) is 45.7. The Morgan fingerprint density at radius 2 is 0.681 bits per heavy atom. The SMILES string of the molecule is CCC(C)(CC)c1ccc(N(c2ccc3c(c2)[C@@]24CCC[C@@]2(CC4)c2cc(N(c4ccc(C(C)(CC)CC)cc4)c4c(C)cc(C(C)(C)C)cc4C)ccc2-3)c2c(C)cc(C(C)(C)C)cc2C)cc1. The second-order valence-electron chi connectivity index (χ2n) is 24.7. The number of fused-ring (bicyclic) bond motifs is 3. The number of nitrogens with zero attached hydrogens (tertiary/aromatic N) is 2. The fourth-order valence-corrected chi connectivity index (χ4v) is 13.4. The van der Waals surface area contributed by atoms with E-state index in [1.54, 1.807) is 11.1 Å². The second-order valence-corrected chi connectivity index (χ2v) is 24.7. The van der Waals surface area contributed by atoms with Gasteiger partial charge in [0, 0.05) is 33.6 Å². The molecule has 0 aliphatic heterocycles. The van der Waals surface area contributed by atoms with Gasteiger partial charge in [-0.2, -0.15) is 0 Å². The molecular formula is C67H84N2. The van der Waals surface area contributed by atoms with E-state index in [1.165, 1.54) is 122 Å². The van der Waals surface area contributed by atoms with Gasteiger partial charge in [-0.05, 0) is 216 Å². The smallest absolute Gasteiger partial charge is 0.0520 e. The van der Waals surface area contributed by atoms with Gasteiger partial charge in [-0.3, -0.25) is 0 Å². The fourth-order valence-electron chi connectivity index (χ4n) is 13.4. The van der Waals surface area contributed by atoms with Crippen molar-refractivity contribution in [1.29, 1.82) is 0 Å². The summed E-state index contributed by atoms with van der Waals surface area (Å²) in [7, 11) is 0. The first-order valence-corrected chi connectivity index (χ1v) is 26.9. The molecule has 2 fully saturated rings. The lowest BCUT2D eigenvalue weighted by Gasteiger charge is -2.60. The van der Waals surface area contributed by atoms with Crippen LogP contribution in [0.4, 0.5) is 34.1 Å². The zero-order valence-electron chi connectivity index (χ0n) is 45.7. The van der Waals surface area contributed by atoms with Gasteiger partial charge in [0.1, 0.15) is 0 Å². The molecule has 6 aromatic rings. The van der Waals surface area contributed by atoms with Gasteiger partial charge < -0.3 is 9.80 Å². The third-order valence-corrected chi connectivity index (χ3v) is 18.9. The minimum absolute atomic E-state index is 0.0706. The molecule has 69 heavy (non-hydrogen) atoms. The molecule has 362 valence electrons. The highest BCUT2D eigenvalue weighted by atomic mass is 15.2. The third-order valence-electron chi connectivity index (χ3n) is 18.9. The molecule has 0 spiro atoms. The minimum atomic E-state index is 0.0706. The Kier molecular flexibility index (Phi) is 12.3. The number of hydrogen-bond acceptors (Lipinski definition) is 2. The summed E-state index contributed by atoms with van der Waals surface area (Å²) in [5.41, 5.74) is 25.3. The maximum atomic E-state index is 2.65. The minimum Gasteiger partial charge on any atom is -0.310 e. The van der Waals surface area contributed by atoms with Crippen LogP contribution < -0.4 is 9.80 Å². The monoisotopic (exact) mass is 917 g/mol. The molecule has 2 saturated carbocycles. The highest BCUT2D eigenvalue weighted by Crippen LogP contribution is 2.73. The summed E-state index contributed by atoms with van der Waals surface area (Å²) < 4.78 is 0. The van der Waals surface area contributed by atoms with Gasteiger partial charge in [0.15, 0.2) is 0 Å². The summed E-state index contributed by atoms with van der Waals surface area (Å²) in [4.78, 5) is 5.20. The largest absolute Gasteiger partial charge is 0.310 e. The number of benzene rings is 6. The molecule has 6 aromatic carbocycles. The Hall–Kier alpha value is -5.08. The van der Waals surface area contributed by atoms with Crippen molar-refractivity contribution in [3.8, 4) is 11.1 Å². The molecule has 0 saturated heterocycles. The van der Waals surface area contributed by atoms with Gasteiger partial charge in [0.05, 0.1) is 11.4 Å². The van der Waals surface area contributed by atoms with E-state index in [1.807, 2.05) is 0 Å². The molecule has 2 nitrogen and oxygen atoms in total. The maximum Gasteiger partial charge on any atom is 0.0520 e. The Bertz CT molecular complexity index is 2640. The molecule has 9 rings (SSSR count). The van der Waals surface area contributed by atoms with Crippen molar-refractivity contribution in [2.45, 2.75) is 201 Å². The van der Waals surface area contributed by atoms with E-state index in [0.29, 0.717) is 0 Å². The van der Waals surface area contributed by atoms with Crippen molar-refractivity contribution in [1.82, 2.24) is 0 Å². The number of aryl methyl sites for hydroxylation is 4. The summed E-state index contributed by atoms with van der Waals surface area (Å²) >= 11 is 0. The fraction of sp³-hybridized carbons (Fsp3) is 0.463. The standard InChI is InChI=1S/C67H84N2/c1-17-64(15,18-2)48-22-26-52(27-23-48)68(60-44(5)38-50(39-45(60)6)62(9,10)11)54-30-32-56-57-33-31-55(43-59(57)67-35-21-34-66(67,36-37-67)58(56)42-54)69(53-28-24-49(25-29-53)65(16,19-3)20-4)61-46(7)40-51(41-47(61)8)63(12,13)14/h22-33,38-43H,17-21,34-37H2,1-16H3/t66-,67+. The van der Waals surface area contributed by atoms with Crippen LogP contribution >= 0.6 is 0 Å². The molecular weight excluding hydrogens is 833 g/mol. The highest BCUT2D eigenvalue weighted by Gasteiger charge is 2.65. The Morgan fingerprint density at radius 3 is 0.957 bits per heavy atom. The summed E-state index contributed by atoms with van der Waals surface area (Å²) in [5, 5.41) is 0. The molecule has 0 unspecified atom stereocenters. The molecule has 0 aromatic heterocycles. The van der Waals surface area contributed by atoms with Crippen molar-refractivity contribution in [3.05, 3.63) is 165 Å². The maximum absolute atomic E-state index is 2.65. The normalized spacial score (nSPS) is 18.8. The van der Waals surface area contributed by atoms with E-state index < -0.39 is 0 Å². The van der Waals surface area contributed by atoms with E-state index in [-0.39, 0.29) is 32.5 Å². The molecule has 0 bridgehead atoms. The van der Waals surface area contributed by atoms with Gasteiger partial charge in [-0.1, -0.05) is 150 Å². The van der Waals surface area contributed by atoms with Crippen LogP contribution in [0.2, 0.25) is 0 Å². The summed E-state index contributed by atoms with van der Waals surface area (Å²) in [6, 6.07) is 44.2. The van der Waals surface area contributed by atoms with E-state index in [9.17, 15) is 0 Å². The van der Waals surface area contributed by atoms with E-state index in [4.69, 9.17) is 0 Å². The molecule has 0 heterocycles. The number of anilines is 6. The molecule has 2 atom stereocenters. The molecule has 0 radical (unpaired) electrons. The number of hydrogen-bond donors (Lipinski definition) is 0. The molecule has 3 aliphatic carbocycles. The Labute approximate surface area is 419 Å². The van der Waals surface area contributed by atoms with Crippen LogP contribution in [0, 0.1) is 27.7 Å². The average molecular weight is 917 g/mol. The van der Waals surface area contributed by atoms with Gasteiger partial charge in [-0.25, -0.2) is 0 Å². The zero-order chi connectivity index (χ0) is 49.6. The topological polar surface area (TPSA) is 6.48 Å². The van der Waals surface area contributed by atoms with Crippen LogP contribution in [0.25, 0.3) is 11.1 Å². The molecule has 0 N–H and O–H groups in total. The first-order valence-electron chi connectivity index (χ1n) is 26.9. The van der Waals surface area contributed by atoms with E-state index in [0.717, 1.165) is 25.7 Å². The quantitative estimate of drug-likeness (QED) is 0.121. The molecule has 3 aliphatic rings. The second kappa shape index (κ2) is 17.3. The predicted octanol–water partition coefficient (Wildman–Crippen LogP) is 19.7. The van der Waals surface area contributed by atoms with Crippen molar-refractivity contribution >= 4 is 34.1 Å². The van der Waals surface area contributed by atoms with E-state index >= 15 is 0 Å². The first-order chi connectivity index (χ1) is 32.6. The van der Waals surface area contributed by atoms with Crippen LogP contribution in [0.5, 0.6) is 0 Å². The summed E-state index contributed by atoms with van der Waals surface area (Å²) in [6.07, 6.45) is 10.8. The molecule has 2 heteroatoms. The Balaban J connectivity index is 1.22. The number of rotatable bonds is 12. The van der Waals surface area contributed by atoms with Gasteiger partial charge in [0.2, 0.25) is 0 Å². The van der Waals surface area contributed by atoms with Gasteiger partial charge in [-0.15, -0.1) is 0 Å². The van der Waals surface area contributed by atoms with Crippen LogP contribution in [-0.2, 0) is 32.5 Å². The predicted molar refractivity (Wildman–Crippen MR) is 300 cm³/mol. The lowest BCUT2D eigenvalue weighted by molar-refractivity contribution is 0.105. The van der Waals surface area contributed by atoms with Crippen molar-refractivity contribution < 1.29 is 0 Å². The Morgan fingerprint density at radius 1 is 0.377 bits per heavy atom. The summed E-state index contributed by atoms with van der Waals surface area (Å²) in [5.74, 6) is 0. The first kappa shape index (κ1) is 48.9. The van der Waals surface area contributed by atoms with Gasteiger partial charge >= 0.3 is 0 Å². The van der Waals surface area contributed by atoms with Crippen molar-refractivity contribution in [2.75, 3.05) is 9.80 Å². The highest BCUT2D eigenvalue weighted by molar-refractivity contribution is 5.89. The van der Waals surface area contributed by atoms with E-state index in [2.05, 4.69) is 230 Å². The van der Waals surface area contributed by atoms with Crippen LogP contribution in [0.1, 0.15) is 197 Å². The summed E-state index contributed by atoms with van der Waals surface area (Å²) in [6.45, 7) is 37.5. The third kappa shape index (κ3) is 7.81. The molecule has 0 amide bonds. The van der Waals surface area contributed by atoms with Gasteiger partial charge in [0.25, 0.3) is 0 Å². The van der Waals surface area contributed by atoms with Crippen LogP contribution in [0.3, 0.4) is 0 Å². The van der Waals surface area contributed by atoms with Crippen LogP contribution in [0.15, 0.2) is 109 Å². The average Bonchev–Trinajstić information content (AvgIpc) is 3.61. The van der Waals surface area contributed by atoms with Crippen molar-refractivity contribution in [3.63, 3.8) is 0 Å².